The van der Waals surface area contributed by atoms with Gasteiger partial charge in [-0.25, -0.2) is 15.0 Å². The fourth-order valence-corrected chi connectivity index (χ4v) is 3.61. The highest BCUT2D eigenvalue weighted by atomic mass is 16.5. The van der Waals surface area contributed by atoms with Crippen molar-refractivity contribution in [2.24, 2.45) is 7.05 Å². The van der Waals surface area contributed by atoms with Gasteiger partial charge in [0.15, 0.2) is 6.10 Å². The van der Waals surface area contributed by atoms with Crippen LogP contribution in [0.3, 0.4) is 0 Å². The molecule has 1 aliphatic heterocycles. The van der Waals surface area contributed by atoms with E-state index in [1.54, 1.807) is 24.2 Å². The minimum atomic E-state index is -0.659. The summed E-state index contributed by atoms with van der Waals surface area (Å²) in [5.41, 5.74) is 1.66. The van der Waals surface area contributed by atoms with Gasteiger partial charge in [0.05, 0.1) is 24.5 Å². The Morgan fingerprint density at radius 3 is 2.74 bits per heavy atom. The molecule has 31 heavy (non-hydrogen) atoms. The van der Waals surface area contributed by atoms with E-state index >= 15 is 0 Å². The van der Waals surface area contributed by atoms with Crippen LogP contribution in [0.25, 0.3) is 11.4 Å². The van der Waals surface area contributed by atoms with Gasteiger partial charge in [-0.1, -0.05) is 18.2 Å². The minimum Gasteiger partial charge on any atom is -0.365 e. The van der Waals surface area contributed by atoms with Gasteiger partial charge in [0, 0.05) is 38.1 Å². The maximum atomic E-state index is 13.2. The van der Waals surface area contributed by atoms with E-state index < -0.39 is 6.10 Å². The van der Waals surface area contributed by atoms with Crippen LogP contribution in [0.5, 0.6) is 0 Å². The molecule has 2 aromatic heterocycles. The molecular formula is C22H24N6O3. The molecule has 1 amide bonds. The van der Waals surface area contributed by atoms with Crippen molar-refractivity contribution < 1.29 is 9.53 Å². The van der Waals surface area contributed by atoms with E-state index in [1.807, 2.05) is 42.2 Å². The average Bonchev–Trinajstić information content (AvgIpc) is 2.82. The van der Waals surface area contributed by atoms with E-state index in [0.717, 1.165) is 5.69 Å². The topological polar surface area (TPSA) is 93.5 Å². The van der Waals surface area contributed by atoms with E-state index in [-0.39, 0.29) is 11.5 Å². The van der Waals surface area contributed by atoms with Crippen LogP contribution in [0.2, 0.25) is 0 Å². The molecule has 3 aromatic rings. The third-order valence-electron chi connectivity index (χ3n) is 5.23. The molecule has 9 heteroatoms. The first-order chi connectivity index (χ1) is 15.1. The number of likely N-dealkylation sites (N-methyl/N-ethyl adjacent to an activating group) is 1. The molecule has 0 saturated carbocycles. The van der Waals surface area contributed by atoms with Gasteiger partial charge in [-0.2, -0.15) is 0 Å². The number of hydrogen-bond acceptors (Lipinski definition) is 7. The zero-order valence-corrected chi connectivity index (χ0v) is 17.5. The monoisotopic (exact) mass is 420 g/mol. The van der Waals surface area contributed by atoms with E-state index in [1.165, 1.54) is 17.0 Å². The third kappa shape index (κ3) is 4.31. The summed E-state index contributed by atoms with van der Waals surface area (Å²) >= 11 is 0. The molecule has 0 radical (unpaired) electrons. The molecule has 0 aliphatic carbocycles. The van der Waals surface area contributed by atoms with Crippen molar-refractivity contribution in [1.29, 1.82) is 0 Å². The second kappa shape index (κ2) is 9.05. The number of benzene rings is 1. The number of ether oxygens (including phenoxy) is 1. The van der Waals surface area contributed by atoms with Crippen LogP contribution < -0.4 is 15.4 Å². The molecule has 1 atom stereocenters. The molecular weight excluding hydrogens is 396 g/mol. The maximum Gasteiger partial charge on any atom is 0.257 e. The molecule has 9 nitrogen and oxygen atoms in total. The molecule has 1 unspecified atom stereocenters. The molecule has 1 aromatic carbocycles. The summed E-state index contributed by atoms with van der Waals surface area (Å²) in [6, 6.07) is 12.7. The number of amides is 1. The number of carbonyl (C=O) groups is 1. The first-order valence-electron chi connectivity index (χ1n) is 10.2. The fraction of sp³-hybridized carbons (Fsp3) is 0.318. The number of carbonyl (C=O) groups excluding carboxylic acids is 1. The third-order valence-corrected chi connectivity index (χ3v) is 5.23. The minimum absolute atomic E-state index is 0.115. The largest absolute Gasteiger partial charge is 0.365 e. The van der Waals surface area contributed by atoms with Crippen LogP contribution in [0, 0.1) is 0 Å². The lowest BCUT2D eigenvalue weighted by molar-refractivity contribution is -0.130. The van der Waals surface area contributed by atoms with Gasteiger partial charge < -0.3 is 14.5 Å². The van der Waals surface area contributed by atoms with Crippen molar-refractivity contribution in [3.05, 3.63) is 65.3 Å². The predicted octanol–water partition coefficient (Wildman–Crippen LogP) is 1.50. The molecule has 1 aliphatic rings. The summed E-state index contributed by atoms with van der Waals surface area (Å²) in [6.45, 7) is 3.64. The highest BCUT2D eigenvalue weighted by Crippen LogP contribution is 2.21. The molecule has 160 valence electrons. The molecule has 0 spiro atoms. The van der Waals surface area contributed by atoms with Crippen molar-refractivity contribution in [2.45, 2.75) is 13.0 Å². The van der Waals surface area contributed by atoms with Gasteiger partial charge in [-0.3, -0.25) is 14.2 Å². The Bertz CT molecular complexity index is 1100. The molecule has 3 heterocycles. The number of anilines is 2. The van der Waals surface area contributed by atoms with Crippen LogP contribution >= 0.6 is 0 Å². The second-order valence-corrected chi connectivity index (χ2v) is 7.16. The Hall–Kier alpha value is -3.59. The Labute approximate surface area is 180 Å². The van der Waals surface area contributed by atoms with Crippen LogP contribution in [0.15, 0.2) is 59.8 Å². The Kier molecular flexibility index (Phi) is 6.03. The van der Waals surface area contributed by atoms with Crippen LogP contribution in [-0.4, -0.2) is 57.8 Å². The number of hydrogen-bond donors (Lipinski definition) is 0. The number of rotatable bonds is 5. The van der Waals surface area contributed by atoms with Crippen molar-refractivity contribution >= 4 is 17.5 Å². The van der Waals surface area contributed by atoms with E-state index in [2.05, 4.69) is 15.0 Å². The van der Waals surface area contributed by atoms with Crippen LogP contribution in [0.1, 0.15) is 6.92 Å². The first kappa shape index (κ1) is 20.7. The quantitative estimate of drug-likeness (QED) is 0.617. The van der Waals surface area contributed by atoms with Gasteiger partial charge in [0.25, 0.3) is 11.5 Å². The highest BCUT2D eigenvalue weighted by Gasteiger charge is 2.32. The second-order valence-electron chi connectivity index (χ2n) is 7.16. The normalized spacial score (nSPS) is 16.2. The first-order valence-corrected chi connectivity index (χ1v) is 10.2. The van der Waals surface area contributed by atoms with Gasteiger partial charge in [-0.15, -0.1) is 0 Å². The SMILES string of the molecule is CCN(C(=O)C1CN(c2nc(-c3ccncn3)cc(=O)n2C)CCO1)c1ccccc1. The summed E-state index contributed by atoms with van der Waals surface area (Å²) in [6.07, 6.45) is 2.36. The summed E-state index contributed by atoms with van der Waals surface area (Å²) in [5.74, 6) is 0.361. The number of nitrogens with zero attached hydrogens (tertiary/aromatic N) is 6. The van der Waals surface area contributed by atoms with Crippen molar-refractivity contribution in [3.63, 3.8) is 0 Å². The summed E-state index contributed by atoms with van der Waals surface area (Å²) in [4.78, 5) is 42.2. The fourth-order valence-electron chi connectivity index (χ4n) is 3.61. The highest BCUT2D eigenvalue weighted by molar-refractivity contribution is 5.97. The van der Waals surface area contributed by atoms with Crippen molar-refractivity contribution in [1.82, 2.24) is 19.5 Å². The van der Waals surface area contributed by atoms with Gasteiger partial charge in [0.2, 0.25) is 5.95 Å². The zero-order chi connectivity index (χ0) is 21.8. The van der Waals surface area contributed by atoms with Crippen molar-refractivity contribution in [3.8, 4) is 11.4 Å². The summed E-state index contributed by atoms with van der Waals surface area (Å²) < 4.78 is 7.29. The van der Waals surface area contributed by atoms with Crippen LogP contribution in [-0.2, 0) is 16.6 Å². The average molecular weight is 420 g/mol. The number of morpholine rings is 1. The number of aromatic nitrogens is 4. The summed E-state index contributed by atoms with van der Waals surface area (Å²) in [7, 11) is 1.67. The smallest absolute Gasteiger partial charge is 0.257 e. The van der Waals surface area contributed by atoms with E-state index in [4.69, 9.17) is 4.74 Å². The van der Waals surface area contributed by atoms with Crippen molar-refractivity contribution in [2.75, 3.05) is 36.0 Å². The molecule has 1 saturated heterocycles. The van der Waals surface area contributed by atoms with Gasteiger partial charge in [-0.05, 0) is 25.1 Å². The Balaban J connectivity index is 1.61. The van der Waals surface area contributed by atoms with E-state index in [0.29, 0.717) is 43.6 Å². The van der Waals surface area contributed by atoms with Gasteiger partial charge >= 0.3 is 0 Å². The molecule has 0 bridgehead atoms. The Morgan fingerprint density at radius 2 is 2.03 bits per heavy atom. The standard InChI is InChI=1S/C22H24N6O3/c1-3-28(16-7-5-4-6-8-16)21(30)19-14-27(11-12-31-19)22-25-18(13-20(29)26(22)2)17-9-10-23-15-24-17/h4-10,13,15,19H,3,11-12,14H2,1-2H3. The lowest BCUT2D eigenvalue weighted by Gasteiger charge is -2.35. The van der Waals surface area contributed by atoms with E-state index in [9.17, 15) is 9.59 Å². The van der Waals surface area contributed by atoms with Crippen LogP contribution in [0.4, 0.5) is 11.6 Å². The maximum absolute atomic E-state index is 13.2. The predicted molar refractivity (Wildman–Crippen MR) is 117 cm³/mol. The zero-order valence-electron chi connectivity index (χ0n) is 17.5. The van der Waals surface area contributed by atoms with Gasteiger partial charge in [0.1, 0.15) is 6.33 Å². The lowest BCUT2D eigenvalue weighted by Crippen LogP contribution is -2.52. The summed E-state index contributed by atoms with van der Waals surface area (Å²) in [5, 5.41) is 0. The molecule has 1 fully saturated rings. The molecule has 4 rings (SSSR count). The number of para-hydroxylation sites is 1. The Morgan fingerprint density at radius 1 is 1.23 bits per heavy atom. The lowest BCUT2D eigenvalue weighted by atomic mass is 10.2. The molecule has 0 N–H and O–H groups in total.